The van der Waals surface area contributed by atoms with Gasteiger partial charge < -0.3 is 19.5 Å². The zero-order chi connectivity index (χ0) is 20.7. The summed E-state index contributed by atoms with van der Waals surface area (Å²) in [6.45, 7) is 4.04. The fourth-order valence-corrected chi connectivity index (χ4v) is 3.64. The monoisotopic (exact) mass is 401 g/mol. The Kier molecular flexibility index (Phi) is 7.09. The second-order valence-corrected chi connectivity index (χ2v) is 7.22. The number of carbonyl (C=O) groups excluding carboxylic acids is 1. The lowest BCUT2D eigenvalue weighted by molar-refractivity contribution is -0.130. The van der Waals surface area contributed by atoms with Crippen LogP contribution in [-0.2, 0) is 21.5 Å². The molecule has 1 saturated heterocycles. The van der Waals surface area contributed by atoms with E-state index < -0.39 is 5.41 Å². The number of hydrogen-bond acceptors (Lipinski definition) is 4. The molecular formula is C23H28FNO4. The van der Waals surface area contributed by atoms with Crippen molar-refractivity contribution < 1.29 is 23.4 Å². The predicted octanol–water partition coefficient (Wildman–Crippen LogP) is 3.99. The molecule has 1 amide bonds. The Morgan fingerprint density at radius 3 is 2.52 bits per heavy atom. The molecule has 1 aliphatic heterocycles. The lowest BCUT2D eigenvalue weighted by atomic mass is 9.73. The first-order valence-electron chi connectivity index (χ1n) is 10.0. The van der Waals surface area contributed by atoms with Crippen molar-refractivity contribution in [3.8, 4) is 11.5 Å². The third-order valence-corrected chi connectivity index (χ3v) is 5.32. The molecule has 0 radical (unpaired) electrons. The van der Waals surface area contributed by atoms with Crippen molar-refractivity contribution >= 4 is 5.91 Å². The lowest BCUT2D eigenvalue weighted by Crippen LogP contribution is -2.47. The molecule has 1 fully saturated rings. The number of hydrogen-bond donors (Lipinski definition) is 1. The fraction of sp³-hybridized carbons (Fsp3) is 0.435. The highest BCUT2D eigenvalue weighted by atomic mass is 19.1. The molecule has 1 N–H and O–H groups in total. The maximum absolute atomic E-state index is 13.4. The summed E-state index contributed by atoms with van der Waals surface area (Å²) in [7, 11) is 1.60. The number of rotatable bonds is 8. The highest BCUT2D eigenvalue weighted by Crippen LogP contribution is 2.35. The lowest BCUT2D eigenvalue weighted by Gasteiger charge is -2.36. The molecule has 3 rings (SSSR count). The molecule has 29 heavy (non-hydrogen) atoms. The van der Waals surface area contributed by atoms with Crippen LogP contribution in [0.4, 0.5) is 4.39 Å². The first-order chi connectivity index (χ1) is 14.1. The average Bonchev–Trinajstić information content (AvgIpc) is 2.77. The van der Waals surface area contributed by atoms with E-state index in [1.54, 1.807) is 19.2 Å². The summed E-state index contributed by atoms with van der Waals surface area (Å²) in [5, 5.41) is 3.05. The van der Waals surface area contributed by atoms with Crippen LogP contribution < -0.4 is 14.8 Å². The zero-order valence-corrected chi connectivity index (χ0v) is 17.0. The van der Waals surface area contributed by atoms with Gasteiger partial charge in [0.05, 0.1) is 19.1 Å². The summed E-state index contributed by atoms with van der Waals surface area (Å²) < 4.78 is 30.0. The highest BCUT2D eigenvalue weighted by molar-refractivity contribution is 5.88. The zero-order valence-electron chi connectivity index (χ0n) is 17.0. The van der Waals surface area contributed by atoms with Gasteiger partial charge in [0.25, 0.3) is 0 Å². The summed E-state index contributed by atoms with van der Waals surface area (Å²) >= 11 is 0. The number of nitrogens with one attached hydrogen (secondary N) is 1. The van der Waals surface area contributed by atoms with E-state index in [0.29, 0.717) is 50.7 Å². The molecular weight excluding hydrogens is 373 g/mol. The highest BCUT2D eigenvalue weighted by Gasteiger charge is 2.41. The third-order valence-electron chi connectivity index (χ3n) is 5.32. The maximum atomic E-state index is 13.4. The third kappa shape index (κ3) is 4.88. The Balaban J connectivity index is 1.74. The first kappa shape index (κ1) is 21.1. The van der Waals surface area contributed by atoms with Gasteiger partial charge in [-0.05, 0) is 54.7 Å². The molecule has 156 valence electrons. The standard InChI is InChI=1S/C23H28FNO4/c1-3-12-29-20-9-4-17(15-21(20)27-2)16-25-22(26)23(10-13-28-14-11-23)18-5-7-19(24)8-6-18/h4-9,15H,3,10-14,16H2,1-2H3,(H,25,26). The average molecular weight is 401 g/mol. The second kappa shape index (κ2) is 9.74. The molecule has 1 heterocycles. The molecule has 0 atom stereocenters. The normalized spacial score (nSPS) is 15.6. The largest absolute Gasteiger partial charge is 0.493 e. The van der Waals surface area contributed by atoms with Gasteiger partial charge in [0.2, 0.25) is 5.91 Å². The minimum absolute atomic E-state index is 0.0716. The van der Waals surface area contributed by atoms with E-state index in [0.717, 1.165) is 17.5 Å². The van der Waals surface area contributed by atoms with E-state index in [-0.39, 0.29) is 11.7 Å². The number of halogens is 1. The van der Waals surface area contributed by atoms with Crippen LogP contribution in [0.5, 0.6) is 11.5 Å². The summed E-state index contributed by atoms with van der Waals surface area (Å²) in [5.41, 5.74) is 1.03. The summed E-state index contributed by atoms with van der Waals surface area (Å²) in [6, 6.07) is 11.9. The number of benzene rings is 2. The van der Waals surface area contributed by atoms with Gasteiger partial charge in [-0.25, -0.2) is 4.39 Å². The smallest absolute Gasteiger partial charge is 0.231 e. The van der Waals surface area contributed by atoms with Gasteiger partial charge in [0, 0.05) is 19.8 Å². The van der Waals surface area contributed by atoms with Gasteiger partial charge in [-0.3, -0.25) is 4.79 Å². The van der Waals surface area contributed by atoms with E-state index >= 15 is 0 Å². The van der Waals surface area contributed by atoms with Crippen molar-refractivity contribution in [1.29, 1.82) is 0 Å². The number of methoxy groups -OCH3 is 1. The van der Waals surface area contributed by atoms with Crippen LogP contribution in [0, 0.1) is 5.82 Å². The van der Waals surface area contributed by atoms with E-state index in [9.17, 15) is 9.18 Å². The summed E-state index contributed by atoms with van der Waals surface area (Å²) in [4.78, 5) is 13.2. The van der Waals surface area contributed by atoms with Crippen LogP contribution >= 0.6 is 0 Å². The van der Waals surface area contributed by atoms with Crippen LogP contribution in [0.15, 0.2) is 42.5 Å². The molecule has 1 aliphatic rings. The van der Waals surface area contributed by atoms with E-state index in [1.807, 2.05) is 25.1 Å². The topological polar surface area (TPSA) is 56.8 Å². The van der Waals surface area contributed by atoms with E-state index in [4.69, 9.17) is 14.2 Å². The van der Waals surface area contributed by atoms with Gasteiger partial charge >= 0.3 is 0 Å². The van der Waals surface area contributed by atoms with Gasteiger partial charge in [-0.15, -0.1) is 0 Å². The van der Waals surface area contributed by atoms with Crippen LogP contribution in [0.3, 0.4) is 0 Å². The molecule has 6 heteroatoms. The van der Waals surface area contributed by atoms with Crippen LogP contribution in [0.2, 0.25) is 0 Å². The molecule has 2 aromatic rings. The molecule has 0 saturated carbocycles. The number of amides is 1. The van der Waals surface area contributed by atoms with E-state index in [2.05, 4.69) is 5.32 Å². The quantitative estimate of drug-likeness (QED) is 0.727. The Hall–Kier alpha value is -2.60. The molecule has 0 bridgehead atoms. The number of carbonyl (C=O) groups is 1. The van der Waals surface area contributed by atoms with Crippen molar-refractivity contribution in [2.75, 3.05) is 26.9 Å². The molecule has 0 aliphatic carbocycles. The first-order valence-corrected chi connectivity index (χ1v) is 10.0. The van der Waals surface area contributed by atoms with Crippen molar-refractivity contribution in [1.82, 2.24) is 5.32 Å². The SMILES string of the molecule is CCCOc1ccc(CNC(=O)C2(c3ccc(F)cc3)CCOCC2)cc1OC. The Labute approximate surface area is 171 Å². The Morgan fingerprint density at radius 1 is 1.14 bits per heavy atom. The molecule has 0 unspecified atom stereocenters. The van der Waals surface area contributed by atoms with Crippen molar-refractivity contribution in [2.45, 2.75) is 38.1 Å². The maximum Gasteiger partial charge on any atom is 0.231 e. The minimum Gasteiger partial charge on any atom is -0.493 e. The molecule has 0 spiro atoms. The van der Waals surface area contributed by atoms with Gasteiger partial charge in [0.1, 0.15) is 5.82 Å². The van der Waals surface area contributed by atoms with E-state index in [1.165, 1.54) is 12.1 Å². The molecule has 0 aromatic heterocycles. The predicted molar refractivity (Wildman–Crippen MR) is 109 cm³/mol. The second-order valence-electron chi connectivity index (χ2n) is 7.22. The Bertz CT molecular complexity index is 816. The minimum atomic E-state index is -0.708. The van der Waals surface area contributed by atoms with Crippen LogP contribution in [0.25, 0.3) is 0 Å². The number of ether oxygens (including phenoxy) is 3. The molecule has 5 nitrogen and oxygen atoms in total. The molecule has 2 aromatic carbocycles. The summed E-state index contributed by atoms with van der Waals surface area (Å²) in [5.74, 6) is 0.952. The van der Waals surface area contributed by atoms with Gasteiger partial charge in [0.15, 0.2) is 11.5 Å². The summed E-state index contributed by atoms with van der Waals surface area (Å²) in [6.07, 6.45) is 2.05. The van der Waals surface area contributed by atoms with Gasteiger partial charge in [-0.2, -0.15) is 0 Å². The Morgan fingerprint density at radius 2 is 1.86 bits per heavy atom. The van der Waals surface area contributed by atoms with Crippen molar-refractivity contribution in [3.05, 3.63) is 59.4 Å². The fourth-order valence-electron chi connectivity index (χ4n) is 3.64. The van der Waals surface area contributed by atoms with Crippen LogP contribution in [0.1, 0.15) is 37.3 Å². The van der Waals surface area contributed by atoms with Crippen LogP contribution in [-0.4, -0.2) is 32.8 Å². The van der Waals surface area contributed by atoms with Crippen molar-refractivity contribution in [3.63, 3.8) is 0 Å². The van der Waals surface area contributed by atoms with Crippen molar-refractivity contribution in [2.24, 2.45) is 0 Å². The van der Waals surface area contributed by atoms with Gasteiger partial charge in [-0.1, -0.05) is 25.1 Å².